The molecule has 0 saturated carbocycles. The number of nitrogens with zero attached hydrogens (tertiary/aromatic N) is 2. The van der Waals surface area contributed by atoms with Gasteiger partial charge in [-0.3, -0.25) is 4.57 Å². The summed E-state index contributed by atoms with van der Waals surface area (Å²) in [7, 11) is 1.64. The summed E-state index contributed by atoms with van der Waals surface area (Å²) >= 11 is 0. The lowest BCUT2D eigenvalue weighted by Gasteiger charge is -1.93. The van der Waals surface area contributed by atoms with Crippen molar-refractivity contribution in [2.24, 2.45) is 7.05 Å². The highest BCUT2D eigenvalue weighted by molar-refractivity contribution is 5.86. The Morgan fingerprint density at radius 3 is 2.83 bits per heavy atom. The second kappa shape index (κ2) is 2.14. The third-order valence-corrected chi connectivity index (χ3v) is 1.89. The van der Waals surface area contributed by atoms with Crippen LogP contribution in [0, 0.1) is 0 Å². The number of pyridine rings is 1. The predicted molar refractivity (Wildman–Crippen MR) is 44.0 cm³/mol. The third kappa shape index (κ3) is 0.689. The smallest absolute Gasteiger partial charge is 0.236 e. The summed E-state index contributed by atoms with van der Waals surface area (Å²) in [5, 5.41) is 19.2. The molecule has 0 aliphatic carbocycles. The summed E-state index contributed by atoms with van der Waals surface area (Å²) < 4.78 is 1.44. The van der Waals surface area contributed by atoms with E-state index >= 15 is 0 Å². The molecular weight excluding hydrogens is 156 g/mol. The minimum absolute atomic E-state index is 0.111. The van der Waals surface area contributed by atoms with Gasteiger partial charge in [0, 0.05) is 13.2 Å². The van der Waals surface area contributed by atoms with Gasteiger partial charge in [0.2, 0.25) is 5.88 Å². The molecule has 4 nitrogen and oxygen atoms in total. The van der Waals surface area contributed by atoms with Crippen molar-refractivity contribution in [1.29, 1.82) is 0 Å². The van der Waals surface area contributed by atoms with Gasteiger partial charge in [-0.1, -0.05) is 0 Å². The Bertz CT molecular complexity index is 395. The Morgan fingerprint density at radius 1 is 1.42 bits per heavy atom. The molecule has 0 unspecified atom stereocenters. The van der Waals surface area contributed by atoms with E-state index in [9.17, 15) is 10.2 Å². The van der Waals surface area contributed by atoms with Crippen LogP contribution in [0.3, 0.4) is 0 Å². The number of aromatic nitrogens is 2. The van der Waals surface area contributed by atoms with Crippen LogP contribution in [0.4, 0.5) is 0 Å². The predicted octanol–water partition coefficient (Wildman–Crippen LogP) is 0.984. The Hall–Kier alpha value is -1.71. The summed E-state index contributed by atoms with van der Waals surface area (Å²) in [6, 6.07) is 3.42. The van der Waals surface area contributed by atoms with Gasteiger partial charge in [0.05, 0.1) is 5.39 Å². The van der Waals surface area contributed by atoms with Crippen LogP contribution in [-0.4, -0.2) is 19.8 Å². The number of rotatable bonds is 0. The molecule has 0 radical (unpaired) electrons. The SMILES string of the molecule is Cn1c(O)c(O)c2cccnc21. The maximum absolute atomic E-state index is 9.37. The van der Waals surface area contributed by atoms with Gasteiger partial charge in [-0.15, -0.1) is 0 Å². The van der Waals surface area contributed by atoms with Crippen molar-refractivity contribution in [3.63, 3.8) is 0 Å². The number of fused-ring (bicyclic) bond motifs is 1. The summed E-state index contributed by atoms with van der Waals surface area (Å²) in [5.74, 6) is -0.260. The molecule has 0 spiro atoms. The maximum Gasteiger partial charge on any atom is 0.236 e. The van der Waals surface area contributed by atoms with E-state index in [1.54, 1.807) is 25.4 Å². The second-order valence-corrected chi connectivity index (χ2v) is 2.61. The quantitative estimate of drug-likeness (QED) is 0.610. The van der Waals surface area contributed by atoms with E-state index in [4.69, 9.17) is 0 Å². The average Bonchev–Trinajstić information content (AvgIpc) is 2.33. The molecule has 0 aliphatic heterocycles. The molecule has 0 amide bonds. The largest absolute Gasteiger partial charge is 0.503 e. The van der Waals surface area contributed by atoms with Gasteiger partial charge in [0.1, 0.15) is 5.65 Å². The first-order valence-electron chi connectivity index (χ1n) is 3.53. The van der Waals surface area contributed by atoms with Crippen LogP contribution < -0.4 is 0 Å². The highest BCUT2D eigenvalue weighted by atomic mass is 16.3. The fourth-order valence-electron chi connectivity index (χ4n) is 1.23. The molecule has 2 N–H and O–H groups in total. The zero-order valence-electron chi connectivity index (χ0n) is 6.52. The van der Waals surface area contributed by atoms with E-state index in [-0.39, 0.29) is 11.6 Å². The maximum atomic E-state index is 9.37. The number of aryl methyl sites for hydroxylation is 1. The van der Waals surface area contributed by atoms with E-state index in [0.29, 0.717) is 11.0 Å². The van der Waals surface area contributed by atoms with Crippen LogP contribution in [0.2, 0.25) is 0 Å². The number of hydrogen-bond acceptors (Lipinski definition) is 3. The summed E-state index contributed by atoms with van der Waals surface area (Å²) in [6.45, 7) is 0. The molecule has 2 rings (SSSR count). The van der Waals surface area contributed by atoms with Crippen molar-refractivity contribution in [2.45, 2.75) is 0 Å². The molecule has 4 heteroatoms. The van der Waals surface area contributed by atoms with Gasteiger partial charge in [-0.2, -0.15) is 0 Å². The molecule has 2 heterocycles. The average molecular weight is 164 g/mol. The molecule has 0 aliphatic rings. The number of aromatic hydroxyl groups is 2. The Morgan fingerprint density at radius 2 is 2.17 bits per heavy atom. The highest BCUT2D eigenvalue weighted by Gasteiger charge is 2.12. The van der Waals surface area contributed by atoms with Gasteiger partial charge in [0.25, 0.3) is 0 Å². The van der Waals surface area contributed by atoms with Crippen LogP contribution in [-0.2, 0) is 7.05 Å². The summed E-state index contributed by atoms with van der Waals surface area (Å²) in [6.07, 6.45) is 1.61. The molecule has 2 aromatic heterocycles. The van der Waals surface area contributed by atoms with Crippen LogP contribution in [0.5, 0.6) is 11.6 Å². The first kappa shape index (κ1) is 6.97. The van der Waals surface area contributed by atoms with E-state index in [2.05, 4.69) is 4.98 Å². The van der Waals surface area contributed by atoms with E-state index in [1.165, 1.54) is 4.57 Å². The zero-order chi connectivity index (χ0) is 8.72. The van der Waals surface area contributed by atoms with E-state index in [1.807, 2.05) is 0 Å². The Kier molecular flexibility index (Phi) is 1.24. The van der Waals surface area contributed by atoms with Crippen molar-refractivity contribution in [1.82, 2.24) is 9.55 Å². The molecular formula is C8H8N2O2. The zero-order valence-corrected chi connectivity index (χ0v) is 6.52. The molecule has 0 bridgehead atoms. The van der Waals surface area contributed by atoms with Crippen molar-refractivity contribution in [2.75, 3.05) is 0 Å². The van der Waals surface area contributed by atoms with Crippen molar-refractivity contribution in [3.8, 4) is 11.6 Å². The van der Waals surface area contributed by atoms with Crippen molar-refractivity contribution < 1.29 is 10.2 Å². The fourth-order valence-corrected chi connectivity index (χ4v) is 1.23. The first-order valence-corrected chi connectivity index (χ1v) is 3.53. The minimum Gasteiger partial charge on any atom is -0.503 e. The lowest BCUT2D eigenvalue weighted by Crippen LogP contribution is -1.87. The molecule has 2 aromatic rings. The fraction of sp³-hybridized carbons (Fsp3) is 0.125. The van der Waals surface area contributed by atoms with Gasteiger partial charge in [0.15, 0.2) is 5.75 Å². The van der Waals surface area contributed by atoms with Gasteiger partial charge in [-0.05, 0) is 12.1 Å². The van der Waals surface area contributed by atoms with E-state index < -0.39 is 0 Å². The topological polar surface area (TPSA) is 58.3 Å². The van der Waals surface area contributed by atoms with Crippen LogP contribution in [0.15, 0.2) is 18.3 Å². The van der Waals surface area contributed by atoms with Crippen molar-refractivity contribution in [3.05, 3.63) is 18.3 Å². The van der Waals surface area contributed by atoms with Gasteiger partial charge < -0.3 is 10.2 Å². The molecule has 12 heavy (non-hydrogen) atoms. The van der Waals surface area contributed by atoms with Gasteiger partial charge >= 0.3 is 0 Å². The monoisotopic (exact) mass is 164 g/mol. The second-order valence-electron chi connectivity index (χ2n) is 2.61. The van der Waals surface area contributed by atoms with Gasteiger partial charge in [-0.25, -0.2) is 4.98 Å². The number of hydrogen-bond donors (Lipinski definition) is 2. The standard InChI is InChI=1S/C8H8N2O2/c1-10-7-5(3-2-4-9-7)6(11)8(10)12/h2-4,11-12H,1H3. The van der Waals surface area contributed by atoms with Crippen LogP contribution >= 0.6 is 0 Å². The summed E-state index contributed by atoms with van der Waals surface area (Å²) in [5.41, 5.74) is 0.576. The minimum atomic E-state index is -0.149. The molecule has 62 valence electrons. The molecule has 0 aromatic carbocycles. The third-order valence-electron chi connectivity index (χ3n) is 1.89. The summed E-state index contributed by atoms with van der Waals surface area (Å²) in [4.78, 5) is 4.01. The van der Waals surface area contributed by atoms with Crippen LogP contribution in [0.1, 0.15) is 0 Å². The molecule has 0 saturated heterocycles. The highest BCUT2D eigenvalue weighted by Crippen LogP contribution is 2.34. The Balaban J connectivity index is 2.99. The normalized spacial score (nSPS) is 10.8. The Labute approximate surface area is 68.7 Å². The van der Waals surface area contributed by atoms with E-state index in [0.717, 1.165) is 0 Å². The lowest BCUT2D eigenvalue weighted by molar-refractivity contribution is 0.383. The van der Waals surface area contributed by atoms with Crippen LogP contribution in [0.25, 0.3) is 11.0 Å². The first-order chi connectivity index (χ1) is 5.72. The lowest BCUT2D eigenvalue weighted by atomic mass is 10.3. The molecule has 0 atom stereocenters. The van der Waals surface area contributed by atoms with Crippen molar-refractivity contribution >= 4 is 11.0 Å². The molecule has 0 fully saturated rings.